The van der Waals surface area contributed by atoms with Crippen molar-refractivity contribution in [3.05, 3.63) is 26.6 Å². The second-order valence-corrected chi connectivity index (χ2v) is 8.58. The first-order valence-electron chi connectivity index (χ1n) is 6.69. The lowest BCUT2D eigenvalue weighted by Gasteiger charge is -2.52. The number of hydrogen-bond acceptors (Lipinski definition) is 3. The van der Waals surface area contributed by atoms with Crippen molar-refractivity contribution in [3.63, 3.8) is 0 Å². The number of thiocarbonyl (C=S) groups is 1. The summed E-state index contributed by atoms with van der Waals surface area (Å²) in [5.74, 6) is 1.95. The average molecular weight is 452 g/mol. The lowest BCUT2D eigenvalue weighted by atomic mass is 9.91. The molecule has 2 unspecified atom stereocenters. The van der Waals surface area contributed by atoms with Crippen LogP contribution in [0, 0.1) is 0 Å². The monoisotopic (exact) mass is 450 g/mol. The van der Waals surface area contributed by atoms with Crippen LogP contribution in [0.15, 0.2) is 21.1 Å². The minimum absolute atomic E-state index is 0.200. The summed E-state index contributed by atoms with van der Waals surface area (Å²) >= 11 is 14.5. The van der Waals surface area contributed by atoms with E-state index in [-0.39, 0.29) is 11.8 Å². The maximum atomic E-state index is 6.38. The van der Waals surface area contributed by atoms with E-state index < -0.39 is 0 Å². The highest BCUT2D eigenvalue weighted by Gasteiger charge is 2.47. The third kappa shape index (κ3) is 2.82. The van der Waals surface area contributed by atoms with Gasteiger partial charge in [-0.25, -0.2) is 0 Å². The molecule has 0 aliphatic carbocycles. The first-order chi connectivity index (χ1) is 9.94. The van der Waals surface area contributed by atoms with E-state index >= 15 is 0 Å². The number of rotatable bonds is 3. The Hall–Kier alpha value is 0.0200. The van der Waals surface area contributed by atoms with Gasteiger partial charge in [0.05, 0.1) is 10.5 Å². The molecule has 3 nitrogen and oxygen atoms in total. The molecule has 0 saturated carbocycles. The summed E-state index contributed by atoms with van der Waals surface area (Å²) in [6.45, 7) is 3.02. The normalized spacial score (nSPS) is 27.0. The lowest BCUT2D eigenvalue weighted by molar-refractivity contribution is -0.0660. The molecule has 2 heterocycles. The summed E-state index contributed by atoms with van der Waals surface area (Å²) in [5.41, 5.74) is 0.770. The van der Waals surface area contributed by atoms with Crippen LogP contribution in [0.3, 0.4) is 0 Å². The molecule has 3 rings (SSSR count). The second-order valence-electron chi connectivity index (χ2n) is 5.43. The van der Waals surface area contributed by atoms with Gasteiger partial charge < -0.3 is 15.0 Å². The highest BCUT2D eigenvalue weighted by Crippen LogP contribution is 2.48. The molecule has 114 valence electrons. The van der Waals surface area contributed by atoms with Gasteiger partial charge in [0.2, 0.25) is 0 Å². The second kappa shape index (κ2) is 5.91. The van der Waals surface area contributed by atoms with Crippen LogP contribution in [-0.4, -0.2) is 34.3 Å². The van der Waals surface area contributed by atoms with E-state index in [1.807, 2.05) is 17.8 Å². The molecule has 2 aliphatic heterocycles. The molecule has 0 spiro atoms. The van der Waals surface area contributed by atoms with Crippen molar-refractivity contribution in [2.75, 3.05) is 18.6 Å². The summed E-state index contributed by atoms with van der Waals surface area (Å²) in [6.07, 6.45) is 2.99. The number of ether oxygens (including phenoxy) is 1. The molecule has 1 saturated heterocycles. The van der Waals surface area contributed by atoms with Gasteiger partial charge in [0.15, 0.2) is 10.8 Å². The van der Waals surface area contributed by atoms with E-state index in [9.17, 15) is 0 Å². The Balaban J connectivity index is 2.01. The highest BCUT2D eigenvalue weighted by atomic mass is 79.9. The van der Waals surface area contributed by atoms with Crippen molar-refractivity contribution >= 4 is 61.0 Å². The zero-order chi connectivity index (χ0) is 15.2. The van der Waals surface area contributed by atoms with Crippen molar-refractivity contribution in [1.29, 1.82) is 0 Å². The quantitative estimate of drug-likeness (QED) is 0.690. The molecule has 0 radical (unpaired) electrons. The molecule has 1 fully saturated rings. The van der Waals surface area contributed by atoms with E-state index in [1.54, 1.807) is 0 Å². The number of thioether (sulfide) groups is 1. The maximum absolute atomic E-state index is 6.38. The van der Waals surface area contributed by atoms with Crippen molar-refractivity contribution in [2.24, 2.45) is 0 Å². The van der Waals surface area contributed by atoms with Gasteiger partial charge in [0.25, 0.3) is 0 Å². The SMILES string of the molecule is CSCCN1C(=S)NC2CC1(C)Oc1c(Br)cc(Br)cc12. The zero-order valence-corrected chi connectivity index (χ0v) is 16.6. The molecule has 2 bridgehead atoms. The van der Waals surface area contributed by atoms with Crippen LogP contribution < -0.4 is 10.1 Å². The summed E-state index contributed by atoms with van der Waals surface area (Å²) in [7, 11) is 0. The van der Waals surface area contributed by atoms with Crippen LogP contribution in [-0.2, 0) is 0 Å². The van der Waals surface area contributed by atoms with Gasteiger partial charge in [-0.3, -0.25) is 0 Å². The number of nitrogens with one attached hydrogen (secondary N) is 1. The van der Waals surface area contributed by atoms with E-state index in [1.165, 1.54) is 0 Å². The molecule has 2 atom stereocenters. The minimum atomic E-state index is -0.383. The topological polar surface area (TPSA) is 24.5 Å². The van der Waals surface area contributed by atoms with Crippen LogP contribution >= 0.6 is 55.8 Å². The predicted molar refractivity (Wildman–Crippen MR) is 99.1 cm³/mol. The first kappa shape index (κ1) is 15.9. The van der Waals surface area contributed by atoms with Gasteiger partial charge >= 0.3 is 0 Å². The van der Waals surface area contributed by atoms with Crippen molar-refractivity contribution in [3.8, 4) is 5.75 Å². The molecule has 1 aromatic carbocycles. The van der Waals surface area contributed by atoms with Crippen LogP contribution in [0.1, 0.15) is 24.9 Å². The Kier molecular flexibility index (Phi) is 4.47. The summed E-state index contributed by atoms with van der Waals surface area (Å²) in [5, 5.41) is 4.25. The van der Waals surface area contributed by atoms with Crippen LogP contribution in [0.2, 0.25) is 0 Å². The average Bonchev–Trinajstić information content (AvgIpc) is 2.40. The third-order valence-corrected chi connectivity index (χ3v) is 5.93. The largest absolute Gasteiger partial charge is 0.467 e. The van der Waals surface area contributed by atoms with Gasteiger partial charge in [0.1, 0.15) is 5.75 Å². The Labute approximate surface area is 151 Å². The fraction of sp³-hybridized carbons (Fsp3) is 0.500. The molecule has 1 aromatic rings. The number of benzene rings is 1. The standard InChI is InChI=1S/C14H16Br2N2OS2/c1-14-7-11(17-13(20)18(14)3-4-21-2)9-5-8(15)6-10(16)12(9)19-14/h5-6,11H,3-4,7H2,1-2H3,(H,17,20). The highest BCUT2D eigenvalue weighted by molar-refractivity contribution is 9.11. The third-order valence-electron chi connectivity index (χ3n) is 3.95. The van der Waals surface area contributed by atoms with Gasteiger partial charge in [0, 0.05) is 28.8 Å². The summed E-state index contributed by atoms with van der Waals surface area (Å²) in [4.78, 5) is 2.17. The molecule has 7 heteroatoms. The summed E-state index contributed by atoms with van der Waals surface area (Å²) < 4.78 is 8.39. The summed E-state index contributed by atoms with van der Waals surface area (Å²) in [6, 6.07) is 4.33. The Morgan fingerprint density at radius 1 is 1.52 bits per heavy atom. The molecule has 0 aromatic heterocycles. The zero-order valence-electron chi connectivity index (χ0n) is 11.8. The minimum Gasteiger partial charge on any atom is -0.467 e. The Bertz CT molecular complexity index is 599. The molecule has 21 heavy (non-hydrogen) atoms. The number of hydrogen-bond donors (Lipinski definition) is 1. The fourth-order valence-corrected chi connectivity index (χ4v) is 5.08. The van der Waals surface area contributed by atoms with Gasteiger partial charge in [-0.1, -0.05) is 15.9 Å². The van der Waals surface area contributed by atoms with Gasteiger partial charge in [-0.05, 0) is 53.5 Å². The molecular formula is C14H16Br2N2OS2. The van der Waals surface area contributed by atoms with Crippen molar-refractivity contribution in [2.45, 2.75) is 25.1 Å². The molecular weight excluding hydrogens is 436 g/mol. The van der Waals surface area contributed by atoms with Crippen LogP contribution in [0.25, 0.3) is 0 Å². The number of halogens is 2. The van der Waals surface area contributed by atoms with E-state index in [2.05, 4.69) is 61.3 Å². The fourth-order valence-electron chi connectivity index (χ4n) is 2.95. The van der Waals surface area contributed by atoms with E-state index in [0.29, 0.717) is 0 Å². The Morgan fingerprint density at radius 3 is 3.00 bits per heavy atom. The van der Waals surface area contributed by atoms with E-state index in [0.717, 1.165) is 44.1 Å². The lowest BCUT2D eigenvalue weighted by Crippen LogP contribution is -2.65. The van der Waals surface area contributed by atoms with Gasteiger partial charge in [-0.2, -0.15) is 11.8 Å². The first-order valence-corrected chi connectivity index (χ1v) is 10.1. The predicted octanol–water partition coefficient (Wildman–Crippen LogP) is 4.30. The molecule has 1 N–H and O–H groups in total. The molecule has 0 amide bonds. The molecule has 2 aliphatic rings. The maximum Gasteiger partial charge on any atom is 0.184 e. The number of fused-ring (bicyclic) bond motifs is 4. The van der Waals surface area contributed by atoms with Crippen molar-refractivity contribution < 1.29 is 4.74 Å². The van der Waals surface area contributed by atoms with Gasteiger partial charge in [-0.15, -0.1) is 0 Å². The van der Waals surface area contributed by atoms with E-state index in [4.69, 9.17) is 17.0 Å². The Morgan fingerprint density at radius 2 is 2.29 bits per heavy atom. The number of nitrogens with zero attached hydrogens (tertiary/aromatic N) is 1. The smallest absolute Gasteiger partial charge is 0.184 e. The van der Waals surface area contributed by atoms with Crippen LogP contribution in [0.4, 0.5) is 0 Å². The van der Waals surface area contributed by atoms with Crippen LogP contribution in [0.5, 0.6) is 5.75 Å². The van der Waals surface area contributed by atoms with Crippen molar-refractivity contribution in [1.82, 2.24) is 10.2 Å².